The van der Waals surface area contributed by atoms with E-state index >= 15 is 0 Å². The van der Waals surface area contributed by atoms with Crippen molar-refractivity contribution in [2.75, 3.05) is 20.3 Å². The summed E-state index contributed by atoms with van der Waals surface area (Å²) >= 11 is 0. The summed E-state index contributed by atoms with van der Waals surface area (Å²) in [5.74, 6) is -1.97. The van der Waals surface area contributed by atoms with Crippen LogP contribution in [-0.4, -0.2) is 91.4 Å². The number of nitrogens with zero attached hydrogens (tertiary/aromatic N) is 1. The Kier molecular flexibility index (Phi) is 16.4. The van der Waals surface area contributed by atoms with E-state index in [1.165, 1.54) is 14.0 Å². The van der Waals surface area contributed by atoms with Gasteiger partial charge in [0, 0.05) is 19.9 Å². The van der Waals surface area contributed by atoms with Crippen LogP contribution >= 0.6 is 0 Å². The Bertz CT molecular complexity index is 1400. The Hall–Kier alpha value is -5.15. The molecule has 5 N–H and O–H groups in total. The van der Waals surface area contributed by atoms with E-state index in [0.29, 0.717) is 18.6 Å². The zero-order valence-corrected chi connectivity index (χ0v) is 30.7. The molecule has 0 saturated carbocycles. The Morgan fingerprint density at radius 3 is 2.04 bits per heavy atom. The highest BCUT2D eigenvalue weighted by Crippen LogP contribution is 2.15. The van der Waals surface area contributed by atoms with Crippen LogP contribution in [0.2, 0.25) is 0 Å². The highest BCUT2D eigenvalue weighted by Gasteiger charge is 2.30. The smallest absolute Gasteiger partial charge is 0.414 e. The van der Waals surface area contributed by atoms with Gasteiger partial charge in [0.05, 0.1) is 7.11 Å². The monoisotopic (exact) mass is 716 g/mol. The predicted molar refractivity (Wildman–Crippen MR) is 188 cm³/mol. The number of fused-ring (bicyclic) bond motifs is 13. The van der Waals surface area contributed by atoms with Gasteiger partial charge in [-0.15, -0.1) is 0 Å². The molecule has 0 aromatic heterocycles. The fourth-order valence-corrected chi connectivity index (χ4v) is 4.59. The van der Waals surface area contributed by atoms with Crippen LogP contribution in [0.3, 0.4) is 0 Å². The van der Waals surface area contributed by atoms with E-state index in [1.807, 2.05) is 0 Å². The van der Waals surface area contributed by atoms with Gasteiger partial charge in [0.15, 0.2) is 0 Å². The molecule has 1 aromatic carbocycles. The number of aliphatic imine (C=N–C) groups is 1. The van der Waals surface area contributed by atoms with Crippen molar-refractivity contribution in [1.29, 1.82) is 0 Å². The molecule has 3 rings (SSSR count). The van der Waals surface area contributed by atoms with Crippen molar-refractivity contribution >= 4 is 41.8 Å². The lowest BCUT2D eigenvalue weighted by molar-refractivity contribution is -0.145. The first-order valence-electron chi connectivity index (χ1n) is 16.7. The Labute approximate surface area is 298 Å². The number of nitrogens with one attached hydrogen (secondary N) is 5. The van der Waals surface area contributed by atoms with E-state index in [2.05, 4.69) is 31.6 Å². The second-order valence-corrected chi connectivity index (χ2v) is 13.7. The SMILES string of the molecule is COC(=O)[C@@H]1CC=CCOc2ccc(cc2)C[C@H](NC(C)=O)C(=O)N[C@@H](CCCCN=C(NC(=O)OC(C)(C)C)NC(=O)OC(C)(C)C)C(=O)N1. The maximum Gasteiger partial charge on any atom is 0.414 e. The van der Waals surface area contributed by atoms with Crippen LogP contribution < -0.4 is 31.3 Å². The Balaban J connectivity index is 2.28. The standard InChI is InChI=1S/C35H52N6O10/c1-22(42)37-27-21-23-15-17-24(18-16-23)49-20-12-10-14-26(30(45)48-8)39-28(43)25(38-29(27)44)13-9-11-19-36-31(40-32(46)50-34(2,3)4)41-33(47)51-35(5,6)7/h10,12,15-18,25-27H,9,11,13-14,19-21H2,1-8H3,(H,37,42)(H,38,44)(H,39,43)(H2,36,40,41,46,47)/t25-,26-,27-/m0/s1. The van der Waals surface area contributed by atoms with Crippen molar-refractivity contribution in [3.05, 3.63) is 42.0 Å². The van der Waals surface area contributed by atoms with E-state index in [4.69, 9.17) is 18.9 Å². The number of alkyl carbamates (subject to hydrolysis) is 2. The minimum Gasteiger partial charge on any atom is -0.490 e. The van der Waals surface area contributed by atoms with Crippen molar-refractivity contribution in [1.82, 2.24) is 26.6 Å². The van der Waals surface area contributed by atoms with Crippen LogP contribution in [0.5, 0.6) is 5.75 Å². The molecule has 2 bridgehead atoms. The summed E-state index contributed by atoms with van der Waals surface area (Å²) in [4.78, 5) is 80.9. The minimum atomic E-state index is -1.12. The van der Waals surface area contributed by atoms with Crippen molar-refractivity contribution in [3.8, 4) is 5.75 Å². The third kappa shape index (κ3) is 17.4. The van der Waals surface area contributed by atoms with E-state index < -0.39 is 65.2 Å². The number of ether oxygens (including phenoxy) is 4. The zero-order chi connectivity index (χ0) is 38.2. The zero-order valence-electron chi connectivity index (χ0n) is 30.7. The van der Waals surface area contributed by atoms with Gasteiger partial charge in [-0.05, 0) is 84.9 Å². The number of hydrogen-bond acceptors (Lipinski definition) is 11. The molecule has 2 aliphatic heterocycles. The predicted octanol–water partition coefficient (Wildman–Crippen LogP) is 2.79. The third-order valence-corrected chi connectivity index (χ3v) is 6.79. The van der Waals surface area contributed by atoms with Crippen LogP contribution in [0.4, 0.5) is 9.59 Å². The molecule has 0 radical (unpaired) electrons. The summed E-state index contributed by atoms with van der Waals surface area (Å²) in [7, 11) is 1.20. The van der Waals surface area contributed by atoms with Gasteiger partial charge < -0.3 is 34.9 Å². The van der Waals surface area contributed by atoms with Gasteiger partial charge in [-0.1, -0.05) is 24.3 Å². The minimum absolute atomic E-state index is 0.0887. The average Bonchev–Trinajstić information content (AvgIpc) is 3.00. The summed E-state index contributed by atoms with van der Waals surface area (Å²) in [6.45, 7) is 11.7. The molecule has 0 spiro atoms. The number of rotatable bonds is 7. The number of carbonyl (C=O) groups excluding carboxylic acids is 6. The average molecular weight is 717 g/mol. The van der Waals surface area contributed by atoms with Crippen molar-refractivity contribution in [3.63, 3.8) is 0 Å². The molecule has 282 valence electrons. The van der Waals surface area contributed by atoms with Crippen LogP contribution in [0.25, 0.3) is 0 Å². The largest absolute Gasteiger partial charge is 0.490 e. The molecule has 3 atom stereocenters. The molecule has 51 heavy (non-hydrogen) atoms. The maximum absolute atomic E-state index is 13.6. The van der Waals surface area contributed by atoms with E-state index in [1.54, 1.807) is 78.0 Å². The van der Waals surface area contributed by atoms with Crippen LogP contribution in [0.1, 0.15) is 79.7 Å². The lowest BCUT2D eigenvalue weighted by Crippen LogP contribution is -2.56. The molecule has 16 heteroatoms. The molecule has 2 heterocycles. The van der Waals surface area contributed by atoms with Crippen molar-refractivity contribution in [2.24, 2.45) is 4.99 Å². The molecule has 16 nitrogen and oxygen atoms in total. The summed E-state index contributed by atoms with van der Waals surface area (Å²) in [6, 6.07) is 3.87. The second kappa shape index (κ2) is 19.9. The van der Waals surface area contributed by atoms with E-state index in [9.17, 15) is 28.8 Å². The highest BCUT2D eigenvalue weighted by atomic mass is 16.6. The fourth-order valence-electron chi connectivity index (χ4n) is 4.59. The fraction of sp³-hybridized carbons (Fsp3) is 0.571. The molecule has 0 unspecified atom stereocenters. The molecular formula is C35H52N6O10. The summed E-state index contributed by atoms with van der Waals surface area (Å²) in [6.07, 6.45) is 2.74. The Morgan fingerprint density at radius 2 is 1.49 bits per heavy atom. The molecule has 0 aliphatic carbocycles. The molecule has 2 aliphatic rings. The van der Waals surface area contributed by atoms with E-state index in [0.717, 1.165) is 5.56 Å². The lowest BCUT2D eigenvalue weighted by atomic mass is 10.0. The lowest BCUT2D eigenvalue weighted by Gasteiger charge is -2.24. The third-order valence-electron chi connectivity index (χ3n) is 6.79. The summed E-state index contributed by atoms with van der Waals surface area (Å²) in [5, 5.41) is 12.9. The van der Waals surface area contributed by atoms with Crippen molar-refractivity contribution < 1.29 is 47.7 Å². The number of carbonyl (C=O) groups is 6. The van der Waals surface area contributed by atoms with Gasteiger partial charge in [0.2, 0.25) is 23.7 Å². The van der Waals surface area contributed by atoms with Crippen LogP contribution in [-0.2, 0) is 39.8 Å². The number of unbranched alkanes of at least 4 members (excludes halogenated alkanes) is 1. The quantitative estimate of drug-likeness (QED) is 0.0695. The topological polar surface area (TPSA) is 212 Å². The first-order chi connectivity index (χ1) is 23.8. The van der Waals surface area contributed by atoms with Gasteiger partial charge in [0.1, 0.15) is 41.7 Å². The maximum atomic E-state index is 13.6. The second-order valence-electron chi connectivity index (χ2n) is 13.7. The Morgan fingerprint density at radius 1 is 0.882 bits per heavy atom. The van der Waals surface area contributed by atoms with Gasteiger partial charge in [-0.3, -0.25) is 30.0 Å². The molecule has 1 aromatic rings. The molecular weight excluding hydrogens is 664 g/mol. The van der Waals surface area contributed by atoms with Gasteiger partial charge in [-0.2, -0.15) is 0 Å². The van der Waals surface area contributed by atoms with Crippen LogP contribution in [0.15, 0.2) is 41.4 Å². The highest BCUT2D eigenvalue weighted by molar-refractivity contribution is 6.01. The number of hydrogen-bond donors (Lipinski definition) is 5. The molecule has 0 fully saturated rings. The number of methoxy groups -OCH3 is 1. The van der Waals surface area contributed by atoms with Crippen LogP contribution in [0, 0.1) is 0 Å². The molecule has 0 saturated heterocycles. The first kappa shape index (κ1) is 42.0. The van der Waals surface area contributed by atoms with Gasteiger partial charge >= 0.3 is 18.2 Å². The molecule has 5 amide bonds. The number of guanidine groups is 1. The number of esters is 1. The van der Waals surface area contributed by atoms with Crippen molar-refractivity contribution in [2.45, 2.75) is 110 Å². The van der Waals surface area contributed by atoms with Gasteiger partial charge in [0.25, 0.3) is 0 Å². The van der Waals surface area contributed by atoms with Gasteiger partial charge in [-0.25, -0.2) is 14.4 Å². The number of benzene rings is 1. The van der Waals surface area contributed by atoms with E-state index in [-0.39, 0.29) is 38.4 Å². The number of amides is 5. The normalized spacial score (nSPS) is 18.5. The summed E-state index contributed by atoms with van der Waals surface area (Å²) < 4.78 is 21.1. The summed E-state index contributed by atoms with van der Waals surface area (Å²) in [5.41, 5.74) is -0.870. The first-order valence-corrected chi connectivity index (χ1v) is 16.7.